The van der Waals surface area contributed by atoms with E-state index in [4.69, 9.17) is 21.9 Å². The second-order valence-corrected chi connectivity index (χ2v) is 6.11. The largest absolute Gasteiger partial charge is 0.361 e. The lowest BCUT2D eigenvalue weighted by molar-refractivity contribution is 0.103. The van der Waals surface area contributed by atoms with Gasteiger partial charge in [-0.3, -0.25) is 4.79 Å². The fourth-order valence-electron chi connectivity index (χ4n) is 2.68. The van der Waals surface area contributed by atoms with Crippen molar-refractivity contribution in [3.63, 3.8) is 0 Å². The summed E-state index contributed by atoms with van der Waals surface area (Å²) in [5.74, 6) is 0.553. The topological polar surface area (TPSA) is 69.1 Å². The van der Waals surface area contributed by atoms with Crippen molar-refractivity contribution >= 4 is 17.4 Å². The SMILES string of the molecule is Cc1onc(C(C)N)c1-c1ccccc1C(=O)c1ccc(Cl)cc1. The van der Waals surface area contributed by atoms with E-state index in [1.807, 2.05) is 32.0 Å². The van der Waals surface area contributed by atoms with Crippen molar-refractivity contribution in [2.45, 2.75) is 19.9 Å². The molecule has 0 amide bonds. The summed E-state index contributed by atoms with van der Waals surface area (Å²) in [4.78, 5) is 12.9. The number of benzene rings is 2. The Hall–Kier alpha value is -2.43. The second kappa shape index (κ2) is 6.59. The quantitative estimate of drug-likeness (QED) is 0.707. The summed E-state index contributed by atoms with van der Waals surface area (Å²) in [7, 11) is 0. The van der Waals surface area contributed by atoms with E-state index < -0.39 is 0 Å². The molecule has 1 unspecified atom stereocenters. The van der Waals surface area contributed by atoms with Gasteiger partial charge in [-0.2, -0.15) is 0 Å². The van der Waals surface area contributed by atoms with Crippen molar-refractivity contribution in [3.8, 4) is 11.1 Å². The first kappa shape index (κ1) is 16.4. The molecule has 2 aromatic carbocycles. The minimum atomic E-state index is -0.295. The molecule has 0 aliphatic rings. The van der Waals surface area contributed by atoms with Gasteiger partial charge in [-0.05, 0) is 43.7 Å². The Bertz CT molecular complexity index is 883. The fraction of sp³-hybridized carbons (Fsp3) is 0.158. The van der Waals surface area contributed by atoms with E-state index in [0.717, 1.165) is 11.1 Å². The van der Waals surface area contributed by atoms with Crippen LogP contribution in [0, 0.1) is 6.92 Å². The van der Waals surface area contributed by atoms with Gasteiger partial charge >= 0.3 is 0 Å². The predicted octanol–water partition coefficient (Wildman–Crippen LogP) is 4.55. The number of nitrogens with two attached hydrogens (primary N) is 1. The molecule has 0 fully saturated rings. The average molecular weight is 341 g/mol. The summed E-state index contributed by atoms with van der Waals surface area (Å²) >= 11 is 5.91. The number of nitrogens with zero attached hydrogens (tertiary/aromatic N) is 1. The minimum Gasteiger partial charge on any atom is -0.361 e. The molecule has 2 N–H and O–H groups in total. The number of aryl methyl sites for hydroxylation is 1. The van der Waals surface area contributed by atoms with Crippen molar-refractivity contribution in [1.82, 2.24) is 5.16 Å². The molecule has 0 aliphatic heterocycles. The normalized spacial score (nSPS) is 12.2. The highest BCUT2D eigenvalue weighted by atomic mass is 35.5. The van der Waals surface area contributed by atoms with E-state index in [9.17, 15) is 4.79 Å². The number of rotatable bonds is 4. The van der Waals surface area contributed by atoms with Crippen molar-refractivity contribution in [1.29, 1.82) is 0 Å². The molecule has 0 bridgehead atoms. The minimum absolute atomic E-state index is 0.0847. The van der Waals surface area contributed by atoms with Crippen LogP contribution in [0.3, 0.4) is 0 Å². The second-order valence-electron chi connectivity index (χ2n) is 5.67. The van der Waals surface area contributed by atoms with E-state index in [-0.39, 0.29) is 11.8 Å². The van der Waals surface area contributed by atoms with Crippen LogP contribution >= 0.6 is 11.6 Å². The molecule has 24 heavy (non-hydrogen) atoms. The molecule has 1 heterocycles. The van der Waals surface area contributed by atoms with Gasteiger partial charge in [0.2, 0.25) is 0 Å². The van der Waals surface area contributed by atoms with Gasteiger partial charge < -0.3 is 10.3 Å². The average Bonchev–Trinajstić information content (AvgIpc) is 2.96. The van der Waals surface area contributed by atoms with Crippen LogP contribution in [0.15, 0.2) is 53.1 Å². The molecule has 0 saturated heterocycles. The van der Waals surface area contributed by atoms with Crippen LogP contribution in [0.1, 0.15) is 40.3 Å². The summed E-state index contributed by atoms with van der Waals surface area (Å²) in [6.07, 6.45) is 0. The number of hydrogen-bond acceptors (Lipinski definition) is 4. The summed E-state index contributed by atoms with van der Waals surface area (Å²) in [6, 6.07) is 13.9. The Balaban J connectivity index is 2.14. The van der Waals surface area contributed by atoms with Crippen LogP contribution in [-0.4, -0.2) is 10.9 Å². The molecule has 3 rings (SSSR count). The third-order valence-electron chi connectivity index (χ3n) is 3.87. The third-order valence-corrected chi connectivity index (χ3v) is 4.12. The molecule has 0 saturated carbocycles. The Morgan fingerprint density at radius 1 is 1.17 bits per heavy atom. The maximum atomic E-state index is 12.9. The zero-order chi connectivity index (χ0) is 17.3. The number of ketones is 1. The Kier molecular flexibility index (Phi) is 4.51. The third kappa shape index (κ3) is 2.98. The Labute approximate surface area is 145 Å². The van der Waals surface area contributed by atoms with Crippen LogP contribution in [-0.2, 0) is 0 Å². The maximum absolute atomic E-state index is 12.9. The standard InChI is InChI=1S/C19H17ClN2O2/c1-11(21)18-17(12(2)24-22-18)15-5-3-4-6-16(15)19(23)13-7-9-14(20)10-8-13/h3-11H,21H2,1-2H3. The van der Waals surface area contributed by atoms with E-state index in [0.29, 0.717) is 27.6 Å². The fourth-order valence-corrected chi connectivity index (χ4v) is 2.81. The molecule has 1 atom stereocenters. The van der Waals surface area contributed by atoms with Gasteiger partial charge in [0.15, 0.2) is 5.78 Å². The van der Waals surface area contributed by atoms with Gasteiger partial charge in [0.25, 0.3) is 0 Å². The number of hydrogen-bond donors (Lipinski definition) is 1. The molecule has 0 radical (unpaired) electrons. The van der Waals surface area contributed by atoms with Gasteiger partial charge in [-0.1, -0.05) is 41.0 Å². The van der Waals surface area contributed by atoms with Crippen LogP contribution in [0.2, 0.25) is 5.02 Å². The zero-order valence-corrected chi connectivity index (χ0v) is 14.2. The van der Waals surface area contributed by atoms with Gasteiger partial charge in [0, 0.05) is 27.8 Å². The summed E-state index contributed by atoms with van der Waals surface area (Å²) in [5, 5.41) is 4.64. The number of aromatic nitrogens is 1. The number of carbonyl (C=O) groups is 1. The lowest BCUT2D eigenvalue weighted by atomic mass is 9.92. The smallest absolute Gasteiger partial charge is 0.193 e. The highest BCUT2D eigenvalue weighted by Crippen LogP contribution is 2.33. The van der Waals surface area contributed by atoms with Crippen LogP contribution in [0.25, 0.3) is 11.1 Å². The van der Waals surface area contributed by atoms with E-state index in [1.165, 1.54) is 0 Å². The molecular formula is C19H17ClN2O2. The molecule has 0 aliphatic carbocycles. The Morgan fingerprint density at radius 3 is 2.50 bits per heavy atom. The molecule has 1 aromatic heterocycles. The van der Waals surface area contributed by atoms with Crippen molar-refractivity contribution in [2.24, 2.45) is 5.73 Å². The monoisotopic (exact) mass is 340 g/mol. The summed E-state index contributed by atoms with van der Waals surface area (Å²) in [6.45, 7) is 3.65. The van der Waals surface area contributed by atoms with Crippen molar-refractivity contribution in [2.75, 3.05) is 0 Å². The lowest BCUT2D eigenvalue weighted by Crippen LogP contribution is -2.09. The number of carbonyl (C=O) groups excluding carboxylic acids is 1. The predicted molar refractivity (Wildman–Crippen MR) is 94.2 cm³/mol. The Morgan fingerprint density at radius 2 is 1.83 bits per heavy atom. The molecule has 122 valence electrons. The van der Waals surface area contributed by atoms with E-state index in [2.05, 4.69) is 5.16 Å². The highest BCUT2D eigenvalue weighted by molar-refractivity contribution is 6.30. The zero-order valence-electron chi connectivity index (χ0n) is 13.4. The van der Waals surface area contributed by atoms with Crippen LogP contribution < -0.4 is 5.73 Å². The maximum Gasteiger partial charge on any atom is 0.193 e. The molecular weight excluding hydrogens is 324 g/mol. The van der Waals surface area contributed by atoms with Crippen molar-refractivity contribution in [3.05, 3.63) is 76.1 Å². The first-order valence-corrected chi connectivity index (χ1v) is 7.98. The van der Waals surface area contributed by atoms with Crippen molar-refractivity contribution < 1.29 is 9.32 Å². The highest BCUT2D eigenvalue weighted by Gasteiger charge is 2.22. The van der Waals surface area contributed by atoms with Gasteiger partial charge in [0.05, 0.1) is 0 Å². The molecule has 5 heteroatoms. The van der Waals surface area contributed by atoms with Gasteiger partial charge in [-0.15, -0.1) is 0 Å². The molecule has 0 spiro atoms. The van der Waals surface area contributed by atoms with Crippen LogP contribution in [0.5, 0.6) is 0 Å². The summed E-state index contributed by atoms with van der Waals surface area (Å²) < 4.78 is 5.31. The molecule has 3 aromatic rings. The van der Waals surface area contributed by atoms with Gasteiger partial charge in [-0.25, -0.2) is 0 Å². The van der Waals surface area contributed by atoms with Gasteiger partial charge in [0.1, 0.15) is 11.5 Å². The first-order chi connectivity index (χ1) is 11.5. The van der Waals surface area contributed by atoms with E-state index in [1.54, 1.807) is 30.3 Å². The molecule has 4 nitrogen and oxygen atoms in total. The lowest BCUT2D eigenvalue weighted by Gasteiger charge is -2.11. The summed E-state index contributed by atoms with van der Waals surface area (Å²) in [5.41, 5.74) is 9.34. The van der Waals surface area contributed by atoms with Crippen LogP contribution in [0.4, 0.5) is 0 Å². The van der Waals surface area contributed by atoms with E-state index >= 15 is 0 Å². The first-order valence-electron chi connectivity index (χ1n) is 7.60. The number of halogens is 1.